The van der Waals surface area contributed by atoms with Gasteiger partial charge >= 0.3 is 5.97 Å². The van der Waals surface area contributed by atoms with E-state index in [9.17, 15) is 4.79 Å². The molecule has 236 valence electrons. The van der Waals surface area contributed by atoms with E-state index in [1.54, 1.807) is 0 Å². The molecule has 0 aliphatic carbocycles. The zero-order valence-electron chi connectivity index (χ0n) is 27.7. The number of hydrogen-bond donors (Lipinski definition) is 0. The monoisotopic (exact) mass is 561 g/mol. The fraction of sp³-hybridized carbons (Fsp3) is 0.868. The maximum Gasteiger partial charge on any atom is 0.305 e. The molecular formula is C38H72O2. The summed E-state index contributed by atoms with van der Waals surface area (Å²) in [5.74, 6) is 0.935. The van der Waals surface area contributed by atoms with E-state index < -0.39 is 0 Å². The smallest absolute Gasteiger partial charge is 0.305 e. The van der Waals surface area contributed by atoms with Crippen LogP contribution in [0.15, 0.2) is 24.3 Å². The van der Waals surface area contributed by atoms with Gasteiger partial charge in [0.25, 0.3) is 0 Å². The van der Waals surface area contributed by atoms with Crippen LogP contribution in [-0.4, -0.2) is 12.6 Å². The second-order valence-electron chi connectivity index (χ2n) is 12.5. The molecule has 1 unspecified atom stereocenters. The summed E-state index contributed by atoms with van der Waals surface area (Å²) in [6.07, 6.45) is 45.1. The number of esters is 1. The van der Waals surface area contributed by atoms with Crippen molar-refractivity contribution in [2.24, 2.45) is 5.92 Å². The highest BCUT2D eigenvalue weighted by Gasteiger charge is 2.03. The zero-order chi connectivity index (χ0) is 29.2. The molecule has 0 bridgehead atoms. The number of carbonyl (C=O) groups excluding carboxylic acids is 1. The van der Waals surface area contributed by atoms with Gasteiger partial charge in [0.15, 0.2) is 0 Å². The van der Waals surface area contributed by atoms with Gasteiger partial charge in [-0.2, -0.15) is 0 Å². The summed E-state index contributed by atoms with van der Waals surface area (Å²) >= 11 is 0. The van der Waals surface area contributed by atoms with Crippen LogP contribution in [0.3, 0.4) is 0 Å². The van der Waals surface area contributed by atoms with E-state index in [2.05, 4.69) is 45.1 Å². The molecule has 0 amide bonds. The molecule has 0 aromatic carbocycles. The molecule has 0 saturated carbocycles. The summed E-state index contributed by atoms with van der Waals surface area (Å²) in [7, 11) is 0. The zero-order valence-corrected chi connectivity index (χ0v) is 27.7. The molecule has 0 fully saturated rings. The van der Waals surface area contributed by atoms with Crippen LogP contribution in [0.2, 0.25) is 0 Å². The highest BCUT2D eigenvalue weighted by Crippen LogP contribution is 2.16. The maximum absolute atomic E-state index is 11.9. The molecule has 2 nitrogen and oxygen atoms in total. The molecule has 0 rings (SSSR count). The van der Waals surface area contributed by atoms with Gasteiger partial charge < -0.3 is 4.74 Å². The Bertz CT molecular complexity index is 550. The molecule has 0 aliphatic heterocycles. The largest absolute Gasteiger partial charge is 0.466 e. The molecule has 0 aromatic heterocycles. The fourth-order valence-electron chi connectivity index (χ4n) is 5.26. The van der Waals surface area contributed by atoms with Gasteiger partial charge in [-0.1, -0.05) is 173 Å². The normalized spacial score (nSPS) is 12.6. The van der Waals surface area contributed by atoms with Crippen molar-refractivity contribution in [1.29, 1.82) is 0 Å². The molecule has 0 aliphatic rings. The van der Waals surface area contributed by atoms with Gasteiger partial charge in [-0.3, -0.25) is 4.79 Å². The van der Waals surface area contributed by atoms with Crippen molar-refractivity contribution < 1.29 is 9.53 Å². The van der Waals surface area contributed by atoms with E-state index >= 15 is 0 Å². The molecule has 40 heavy (non-hydrogen) atoms. The van der Waals surface area contributed by atoms with Crippen LogP contribution < -0.4 is 0 Å². The number of rotatable bonds is 32. The van der Waals surface area contributed by atoms with Crippen molar-refractivity contribution >= 4 is 5.97 Å². The lowest BCUT2D eigenvalue weighted by Crippen LogP contribution is -2.05. The molecule has 0 spiro atoms. The molecule has 0 radical (unpaired) electrons. The van der Waals surface area contributed by atoms with Crippen LogP contribution in [0.25, 0.3) is 0 Å². The van der Waals surface area contributed by atoms with Crippen LogP contribution in [0.5, 0.6) is 0 Å². The Hall–Kier alpha value is -1.05. The van der Waals surface area contributed by atoms with Crippen molar-refractivity contribution in [1.82, 2.24) is 0 Å². The van der Waals surface area contributed by atoms with Gasteiger partial charge in [-0.15, -0.1) is 0 Å². The molecule has 0 heterocycles. The Kier molecular flexibility index (Phi) is 33.3. The highest BCUT2D eigenvalue weighted by atomic mass is 16.5. The first-order valence-electron chi connectivity index (χ1n) is 18.2. The number of ether oxygens (including phenoxy) is 1. The molecule has 0 saturated heterocycles. The number of unbranched alkanes of at least 4 members (excludes halogenated alkanes) is 21. The quantitative estimate of drug-likeness (QED) is 0.0464. The Labute approximate surface area is 252 Å². The Balaban J connectivity index is 3.22. The third-order valence-corrected chi connectivity index (χ3v) is 8.38. The lowest BCUT2D eigenvalue weighted by atomic mass is 9.99. The van der Waals surface area contributed by atoms with Crippen LogP contribution in [0.4, 0.5) is 0 Å². The Morgan fingerprint density at radius 1 is 0.550 bits per heavy atom. The highest BCUT2D eigenvalue weighted by molar-refractivity contribution is 5.69. The van der Waals surface area contributed by atoms with Gasteiger partial charge in [0.05, 0.1) is 6.61 Å². The summed E-state index contributed by atoms with van der Waals surface area (Å²) in [6, 6.07) is 0. The average Bonchev–Trinajstić information content (AvgIpc) is 2.96. The minimum absolute atomic E-state index is 0.0109. The van der Waals surface area contributed by atoms with Crippen molar-refractivity contribution in [2.45, 2.75) is 201 Å². The third-order valence-electron chi connectivity index (χ3n) is 8.38. The first-order valence-corrected chi connectivity index (χ1v) is 18.2. The van der Waals surface area contributed by atoms with Gasteiger partial charge in [-0.25, -0.2) is 0 Å². The first kappa shape index (κ1) is 39.0. The topological polar surface area (TPSA) is 26.3 Å². The number of allylic oxidation sites excluding steroid dienone is 4. The summed E-state index contributed by atoms with van der Waals surface area (Å²) in [5, 5.41) is 0. The average molecular weight is 561 g/mol. The van der Waals surface area contributed by atoms with E-state index in [1.807, 2.05) is 0 Å². The lowest BCUT2D eigenvalue weighted by molar-refractivity contribution is -0.143. The molecule has 2 heteroatoms. The van der Waals surface area contributed by atoms with Gasteiger partial charge in [0.2, 0.25) is 0 Å². The standard InChI is InChI=1S/C38H72O2/c1-4-6-7-8-9-10-11-12-13-17-20-23-26-29-32-35-38(39)40-36-33-30-27-24-21-18-15-14-16-19-22-25-28-31-34-37(3)5-2/h9-10,12-13,37H,4-8,11,14-36H2,1-3H3/b10-9-,13-12-. The fourth-order valence-corrected chi connectivity index (χ4v) is 5.26. The van der Waals surface area contributed by atoms with E-state index in [0.717, 1.165) is 31.6 Å². The SMILES string of the molecule is CCCCC/C=C\C/C=C\CCCCCCCC(=O)OCCCCCCCCCCCCCCCCC(C)CC. The van der Waals surface area contributed by atoms with Crippen LogP contribution in [0.1, 0.15) is 201 Å². The lowest BCUT2D eigenvalue weighted by Gasteiger charge is -2.07. The van der Waals surface area contributed by atoms with Crippen LogP contribution in [0, 0.1) is 5.92 Å². The number of hydrogen-bond acceptors (Lipinski definition) is 2. The first-order chi connectivity index (χ1) is 19.7. The Morgan fingerprint density at radius 3 is 1.52 bits per heavy atom. The van der Waals surface area contributed by atoms with Crippen molar-refractivity contribution in [3.8, 4) is 0 Å². The van der Waals surface area contributed by atoms with Crippen LogP contribution >= 0.6 is 0 Å². The molecular weight excluding hydrogens is 488 g/mol. The van der Waals surface area contributed by atoms with Crippen molar-refractivity contribution in [3.63, 3.8) is 0 Å². The van der Waals surface area contributed by atoms with E-state index in [0.29, 0.717) is 13.0 Å². The van der Waals surface area contributed by atoms with Crippen molar-refractivity contribution in [3.05, 3.63) is 24.3 Å². The minimum atomic E-state index is 0.0109. The summed E-state index contributed by atoms with van der Waals surface area (Å²) in [4.78, 5) is 11.9. The summed E-state index contributed by atoms with van der Waals surface area (Å²) < 4.78 is 5.44. The second kappa shape index (κ2) is 34.2. The predicted molar refractivity (Wildman–Crippen MR) is 179 cm³/mol. The molecule has 0 N–H and O–H groups in total. The molecule has 1 atom stereocenters. The van der Waals surface area contributed by atoms with Gasteiger partial charge in [0, 0.05) is 6.42 Å². The minimum Gasteiger partial charge on any atom is -0.466 e. The predicted octanol–water partition coefficient (Wildman–Crippen LogP) is 13.2. The van der Waals surface area contributed by atoms with E-state index in [-0.39, 0.29) is 5.97 Å². The van der Waals surface area contributed by atoms with Gasteiger partial charge in [0.1, 0.15) is 0 Å². The summed E-state index contributed by atoms with van der Waals surface area (Å²) in [5.41, 5.74) is 0. The molecule has 0 aromatic rings. The van der Waals surface area contributed by atoms with E-state index in [4.69, 9.17) is 4.74 Å². The third kappa shape index (κ3) is 33.2. The van der Waals surface area contributed by atoms with Gasteiger partial charge in [-0.05, 0) is 50.9 Å². The maximum atomic E-state index is 11.9. The van der Waals surface area contributed by atoms with Crippen LogP contribution in [-0.2, 0) is 9.53 Å². The summed E-state index contributed by atoms with van der Waals surface area (Å²) in [6.45, 7) is 7.57. The number of carbonyl (C=O) groups is 1. The Morgan fingerprint density at radius 2 is 1.00 bits per heavy atom. The second-order valence-corrected chi connectivity index (χ2v) is 12.5. The van der Waals surface area contributed by atoms with Crippen molar-refractivity contribution in [2.75, 3.05) is 6.61 Å². The van der Waals surface area contributed by atoms with E-state index in [1.165, 1.54) is 148 Å².